The maximum atomic E-state index is 11.2. The van der Waals surface area contributed by atoms with Crippen molar-refractivity contribution in [2.75, 3.05) is 7.11 Å². The molecule has 0 unspecified atom stereocenters. The lowest BCUT2D eigenvalue weighted by molar-refractivity contribution is 0.0597. The second-order valence-corrected chi connectivity index (χ2v) is 2.85. The number of methoxy groups -OCH3 is 1. The van der Waals surface area contributed by atoms with Crippen LogP contribution in [-0.2, 0) is 4.74 Å². The molecule has 0 radical (unpaired) electrons. The zero-order chi connectivity index (χ0) is 12.3. The molecule has 0 spiro atoms. The van der Waals surface area contributed by atoms with E-state index in [0.717, 1.165) is 13.2 Å². The van der Waals surface area contributed by atoms with Crippen molar-refractivity contribution in [2.24, 2.45) is 0 Å². The van der Waals surface area contributed by atoms with Crippen LogP contribution in [-0.4, -0.2) is 35.9 Å². The highest BCUT2D eigenvalue weighted by Gasteiger charge is 2.21. The van der Waals surface area contributed by atoms with Crippen molar-refractivity contribution in [3.63, 3.8) is 0 Å². The van der Waals surface area contributed by atoms with E-state index in [4.69, 9.17) is 0 Å². The molecule has 0 aliphatic rings. The van der Waals surface area contributed by atoms with E-state index in [0.29, 0.717) is 0 Å². The van der Waals surface area contributed by atoms with Crippen molar-refractivity contribution < 1.29 is 29.3 Å². The van der Waals surface area contributed by atoms with Gasteiger partial charge in [0.25, 0.3) is 0 Å². The molecule has 1 aromatic carbocycles. The minimum Gasteiger partial charge on any atom is -0.507 e. The van der Waals surface area contributed by atoms with E-state index >= 15 is 0 Å². The van der Waals surface area contributed by atoms with Gasteiger partial charge in [-0.1, -0.05) is 0 Å². The first-order valence-electron chi connectivity index (χ1n) is 4.14. The van der Waals surface area contributed by atoms with Gasteiger partial charge in [-0.2, -0.15) is 0 Å². The molecule has 6 heteroatoms. The molecular weight excluding hydrogens is 216 g/mol. The SMILES string of the molecule is COC(=O)c1cc(O)c(C=O)c(O)c1C=O. The highest BCUT2D eigenvalue weighted by Crippen LogP contribution is 2.31. The lowest BCUT2D eigenvalue weighted by atomic mass is 10.0. The van der Waals surface area contributed by atoms with Crippen LogP contribution in [0.2, 0.25) is 0 Å². The minimum absolute atomic E-state index is 0.179. The summed E-state index contributed by atoms with van der Waals surface area (Å²) in [5.74, 6) is -2.24. The van der Waals surface area contributed by atoms with Crippen LogP contribution in [0.25, 0.3) is 0 Å². The van der Waals surface area contributed by atoms with Crippen molar-refractivity contribution in [2.45, 2.75) is 0 Å². The second-order valence-electron chi connectivity index (χ2n) is 2.85. The van der Waals surface area contributed by atoms with Crippen LogP contribution in [0, 0.1) is 0 Å². The molecular formula is C10H8O6. The molecule has 0 aliphatic heterocycles. The Hall–Kier alpha value is -2.37. The molecule has 0 fully saturated rings. The average Bonchev–Trinajstić information content (AvgIpc) is 2.28. The molecule has 0 saturated carbocycles. The van der Waals surface area contributed by atoms with Gasteiger partial charge in [-0.25, -0.2) is 4.79 Å². The van der Waals surface area contributed by atoms with Gasteiger partial charge in [0.15, 0.2) is 12.6 Å². The van der Waals surface area contributed by atoms with Gasteiger partial charge in [0, 0.05) is 0 Å². The molecule has 1 aromatic rings. The van der Waals surface area contributed by atoms with E-state index in [-0.39, 0.29) is 18.1 Å². The third-order valence-electron chi connectivity index (χ3n) is 2.00. The summed E-state index contributed by atoms with van der Waals surface area (Å²) in [5, 5.41) is 18.8. The monoisotopic (exact) mass is 224 g/mol. The Kier molecular flexibility index (Phi) is 3.24. The van der Waals surface area contributed by atoms with Crippen LogP contribution in [0.3, 0.4) is 0 Å². The summed E-state index contributed by atoms with van der Waals surface area (Å²) >= 11 is 0. The molecule has 84 valence electrons. The maximum Gasteiger partial charge on any atom is 0.338 e. The van der Waals surface area contributed by atoms with Crippen LogP contribution in [0.4, 0.5) is 0 Å². The number of carbonyl (C=O) groups excluding carboxylic acids is 3. The quantitative estimate of drug-likeness (QED) is 0.573. The Balaban J connectivity index is 3.58. The largest absolute Gasteiger partial charge is 0.507 e. The number of hydrogen-bond donors (Lipinski definition) is 2. The van der Waals surface area contributed by atoms with Gasteiger partial charge in [0.2, 0.25) is 0 Å². The van der Waals surface area contributed by atoms with Crippen molar-refractivity contribution in [1.82, 2.24) is 0 Å². The summed E-state index contributed by atoms with van der Waals surface area (Å²) in [5.41, 5.74) is -1.15. The van der Waals surface area contributed by atoms with Crippen LogP contribution < -0.4 is 0 Å². The van der Waals surface area contributed by atoms with E-state index in [1.165, 1.54) is 0 Å². The van der Waals surface area contributed by atoms with E-state index in [1.54, 1.807) is 0 Å². The van der Waals surface area contributed by atoms with E-state index in [9.17, 15) is 24.6 Å². The molecule has 0 aromatic heterocycles. The van der Waals surface area contributed by atoms with Gasteiger partial charge in [-0.15, -0.1) is 0 Å². The molecule has 0 bridgehead atoms. The van der Waals surface area contributed by atoms with Crippen LogP contribution >= 0.6 is 0 Å². The zero-order valence-electron chi connectivity index (χ0n) is 8.26. The predicted octanol–water partition coefficient (Wildman–Crippen LogP) is 0.509. The Morgan fingerprint density at radius 3 is 2.25 bits per heavy atom. The summed E-state index contributed by atoms with van der Waals surface area (Å²) in [6.45, 7) is 0. The molecule has 0 amide bonds. The number of phenols is 2. The van der Waals surface area contributed by atoms with E-state index < -0.39 is 28.6 Å². The van der Waals surface area contributed by atoms with Gasteiger partial charge >= 0.3 is 5.97 Å². The fourth-order valence-electron chi connectivity index (χ4n) is 1.20. The zero-order valence-corrected chi connectivity index (χ0v) is 8.26. The number of carbonyl (C=O) groups is 3. The molecule has 2 N–H and O–H groups in total. The first-order valence-corrected chi connectivity index (χ1v) is 4.14. The van der Waals surface area contributed by atoms with E-state index in [1.807, 2.05) is 0 Å². The Morgan fingerprint density at radius 1 is 1.25 bits per heavy atom. The van der Waals surface area contributed by atoms with Crippen LogP contribution in [0.5, 0.6) is 11.5 Å². The summed E-state index contributed by atoms with van der Waals surface area (Å²) in [4.78, 5) is 32.4. The smallest absolute Gasteiger partial charge is 0.338 e. The Labute approximate surface area is 90.1 Å². The number of esters is 1. The van der Waals surface area contributed by atoms with Gasteiger partial charge in [-0.05, 0) is 6.07 Å². The number of rotatable bonds is 3. The molecule has 0 aliphatic carbocycles. The summed E-state index contributed by atoms with van der Waals surface area (Å²) in [6, 6.07) is 0.888. The molecule has 0 saturated heterocycles. The molecule has 0 atom stereocenters. The van der Waals surface area contributed by atoms with Crippen LogP contribution in [0.15, 0.2) is 6.07 Å². The normalized spacial score (nSPS) is 9.56. The third kappa shape index (κ3) is 1.72. The van der Waals surface area contributed by atoms with Gasteiger partial charge in [0.05, 0.1) is 23.8 Å². The predicted molar refractivity (Wildman–Crippen MR) is 51.9 cm³/mol. The Morgan fingerprint density at radius 2 is 1.81 bits per heavy atom. The van der Waals surface area contributed by atoms with Crippen molar-refractivity contribution in [1.29, 1.82) is 0 Å². The van der Waals surface area contributed by atoms with E-state index in [2.05, 4.69) is 4.74 Å². The summed E-state index contributed by atoms with van der Waals surface area (Å²) < 4.78 is 4.35. The second kappa shape index (κ2) is 4.43. The first kappa shape index (κ1) is 11.7. The lowest BCUT2D eigenvalue weighted by Gasteiger charge is -2.08. The van der Waals surface area contributed by atoms with Gasteiger partial charge in [-0.3, -0.25) is 9.59 Å². The highest BCUT2D eigenvalue weighted by molar-refractivity contribution is 6.03. The number of ether oxygens (including phenoxy) is 1. The first-order chi connectivity index (χ1) is 7.56. The summed E-state index contributed by atoms with van der Waals surface area (Å²) in [6.07, 6.45) is 0.382. The topological polar surface area (TPSA) is 101 Å². The lowest BCUT2D eigenvalue weighted by Crippen LogP contribution is -2.06. The fourth-order valence-corrected chi connectivity index (χ4v) is 1.20. The van der Waals surface area contributed by atoms with Gasteiger partial charge in [0.1, 0.15) is 11.5 Å². The Bertz CT molecular complexity index is 463. The fraction of sp³-hybridized carbons (Fsp3) is 0.100. The third-order valence-corrected chi connectivity index (χ3v) is 2.00. The van der Waals surface area contributed by atoms with Crippen molar-refractivity contribution >= 4 is 18.5 Å². The van der Waals surface area contributed by atoms with Crippen LogP contribution in [0.1, 0.15) is 31.1 Å². The molecule has 1 rings (SSSR count). The number of phenolic OH excluding ortho intramolecular Hbond substituents is 2. The maximum absolute atomic E-state index is 11.2. The number of hydrogen-bond acceptors (Lipinski definition) is 6. The van der Waals surface area contributed by atoms with Crippen molar-refractivity contribution in [3.05, 3.63) is 22.8 Å². The molecule has 0 heterocycles. The highest BCUT2D eigenvalue weighted by atomic mass is 16.5. The summed E-state index contributed by atoms with van der Waals surface area (Å²) in [7, 11) is 1.08. The standard InChI is InChI=1S/C10H8O6/c1-16-10(15)5-2-8(13)7(4-12)9(14)6(5)3-11/h2-4,13-14H,1H3. The number of aromatic hydroxyl groups is 2. The number of aldehydes is 2. The van der Waals surface area contributed by atoms with Crippen molar-refractivity contribution in [3.8, 4) is 11.5 Å². The minimum atomic E-state index is -0.898. The van der Waals surface area contributed by atoms with Gasteiger partial charge < -0.3 is 14.9 Å². The molecule has 6 nitrogen and oxygen atoms in total. The number of benzene rings is 1. The molecule has 16 heavy (non-hydrogen) atoms. The average molecular weight is 224 g/mol.